The lowest BCUT2D eigenvalue weighted by Crippen LogP contribution is -2.42. The fourth-order valence-corrected chi connectivity index (χ4v) is 1.60. The number of hydrogen-bond acceptors (Lipinski definition) is 4. The molecule has 19 heavy (non-hydrogen) atoms. The van der Waals surface area contributed by atoms with E-state index in [1.165, 1.54) is 0 Å². The Balaban J connectivity index is 2.75. The molecule has 0 aliphatic heterocycles. The number of nitrogens with one attached hydrogen (secondary N) is 1. The van der Waals surface area contributed by atoms with Gasteiger partial charge in [-0.25, -0.2) is 9.97 Å². The van der Waals surface area contributed by atoms with Crippen molar-refractivity contribution in [3.05, 3.63) is 23.8 Å². The number of halogens is 3. The SMILES string of the molecule is CC(c1ncc(C(F)(F)F)cn1)[C@@H](C)N[C@H](C)CN. The Labute approximate surface area is 110 Å². The molecule has 1 unspecified atom stereocenters. The smallest absolute Gasteiger partial charge is 0.329 e. The molecule has 1 aromatic rings. The maximum Gasteiger partial charge on any atom is 0.419 e. The third kappa shape index (κ3) is 4.43. The van der Waals surface area contributed by atoms with Gasteiger partial charge in [-0.2, -0.15) is 13.2 Å². The van der Waals surface area contributed by atoms with Crippen molar-refractivity contribution in [2.75, 3.05) is 6.54 Å². The molecule has 108 valence electrons. The van der Waals surface area contributed by atoms with Crippen molar-refractivity contribution in [1.82, 2.24) is 15.3 Å². The molecule has 0 bridgehead atoms. The lowest BCUT2D eigenvalue weighted by atomic mass is 10.0. The van der Waals surface area contributed by atoms with Gasteiger partial charge in [0.25, 0.3) is 0 Å². The van der Waals surface area contributed by atoms with Crippen LogP contribution >= 0.6 is 0 Å². The third-order valence-electron chi connectivity index (χ3n) is 3.06. The minimum atomic E-state index is -4.40. The Bertz CT molecular complexity index is 391. The van der Waals surface area contributed by atoms with Crippen LogP contribution in [0.15, 0.2) is 12.4 Å². The van der Waals surface area contributed by atoms with Crippen LogP contribution in [0.4, 0.5) is 13.2 Å². The summed E-state index contributed by atoms with van der Waals surface area (Å²) in [6.07, 6.45) is -2.77. The molecule has 1 heterocycles. The monoisotopic (exact) mass is 276 g/mol. The summed E-state index contributed by atoms with van der Waals surface area (Å²) in [6.45, 7) is 6.23. The second kappa shape index (κ2) is 6.29. The van der Waals surface area contributed by atoms with Crippen LogP contribution in [-0.4, -0.2) is 28.6 Å². The zero-order valence-electron chi connectivity index (χ0n) is 11.2. The molecule has 0 radical (unpaired) electrons. The Hall–Kier alpha value is -1.21. The summed E-state index contributed by atoms with van der Waals surface area (Å²) < 4.78 is 37.2. The van der Waals surface area contributed by atoms with Crippen LogP contribution in [0.2, 0.25) is 0 Å². The second-order valence-electron chi connectivity index (χ2n) is 4.71. The lowest BCUT2D eigenvalue weighted by Gasteiger charge is -2.23. The summed E-state index contributed by atoms with van der Waals surface area (Å²) >= 11 is 0. The van der Waals surface area contributed by atoms with Gasteiger partial charge in [0, 0.05) is 36.9 Å². The maximum absolute atomic E-state index is 12.4. The van der Waals surface area contributed by atoms with Gasteiger partial charge < -0.3 is 11.1 Å². The van der Waals surface area contributed by atoms with Crippen LogP contribution in [-0.2, 0) is 6.18 Å². The first kappa shape index (κ1) is 15.8. The van der Waals surface area contributed by atoms with Gasteiger partial charge in [0.1, 0.15) is 5.82 Å². The number of nitrogens with two attached hydrogens (primary N) is 1. The summed E-state index contributed by atoms with van der Waals surface area (Å²) in [6, 6.07) is 0.155. The number of alkyl halides is 3. The summed E-state index contributed by atoms with van der Waals surface area (Å²) in [5.41, 5.74) is 4.67. The molecule has 0 aliphatic carbocycles. The van der Waals surface area contributed by atoms with E-state index >= 15 is 0 Å². The van der Waals surface area contributed by atoms with E-state index in [9.17, 15) is 13.2 Å². The fraction of sp³-hybridized carbons (Fsp3) is 0.667. The van der Waals surface area contributed by atoms with Crippen LogP contribution < -0.4 is 11.1 Å². The highest BCUT2D eigenvalue weighted by atomic mass is 19.4. The molecule has 0 saturated heterocycles. The van der Waals surface area contributed by atoms with Crippen molar-refractivity contribution >= 4 is 0 Å². The van der Waals surface area contributed by atoms with Gasteiger partial charge in [-0.1, -0.05) is 6.92 Å². The molecule has 1 aromatic heterocycles. The number of rotatable bonds is 5. The van der Waals surface area contributed by atoms with Crippen LogP contribution in [0.1, 0.15) is 38.1 Å². The van der Waals surface area contributed by atoms with Crippen molar-refractivity contribution in [1.29, 1.82) is 0 Å². The van der Waals surface area contributed by atoms with E-state index in [0.29, 0.717) is 12.4 Å². The number of aromatic nitrogens is 2. The first-order valence-corrected chi connectivity index (χ1v) is 6.11. The average molecular weight is 276 g/mol. The van der Waals surface area contributed by atoms with Crippen LogP contribution in [0, 0.1) is 0 Å². The van der Waals surface area contributed by atoms with E-state index < -0.39 is 11.7 Å². The Kier molecular flexibility index (Phi) is 5.25. The van der Waals surface area contributed by atoms with Gasteiger partial charge in [-0.15, -0.1) is 0 Å². The van der Waals surface area contributed by atoms with Crippen molar-refractivity contribution in [2.45, 2.75) is 44.9 Å². The lowest BCUT2D eigenvalue weighted by molar-refractivity contribution is -0.138. The van der Waals surface area contributed by atoms with E-state index in [1.807, 2.05) is 20.8 Å². The highest BCUT2D eigenvalue weighted by Crippen LogP contribution is 2.28. The second-order valence-corrected chi connectivity index (χ2v) is 4.71. The normalized spacial score (nSPS) is 17.0. The molecule has 0 aromatic carbocycles. The molecule has 7 heteroatoms. The molecule has 3 atom stereocenters. The van der Waals surface area contributed by atoms with E-state index in [-0.39, 0.29) is 18.0 Å². The molecule has 1 rings (SSSR count). The molecular formula is C12H19F3N4. The van der Waals surface area contributed by atoms with E-state index in [0.717, 1.165) is 12.4 Å². The van der Waals surface area contributed by atoms with Gasteiger partial charge in [0.15, 0.2) is 0 Å². The van der Waals surface area contributed by atoms with E-state index in [2.05, 4.69) is 15.3 Å². The maximum atomic E-state index is 12.4. The van der Waals surface area contributed by atoms with Crippen LogP contribution in [0.3, 0.4) is 0 Å². The molecule has 0 spiro atoms. The predicted octanol–water partition coefficient (Wildman–Crippen LogP) is 1.92. The van der Waals surface area contributed by atoms with Gasteiger partial charge >= 0.3 is 6.18 Å². The molecular weight excluding hydrogens is 257 g/mol. The van der Waals surface area contributed by atoms with Crippen molar-refractivity contribution in [2.24, 2.45) is 5.73 Å². The minimum Gasteiger partial charge on any atom is -0.329 e. The quantitative estimate of drug-likeness (QED) is 0.862. The Morgan fingerprint density at radius 3 is 2.16 bits per heavy atom. The number of nitrogens with zero attached hydrogens (tertiary/aromatic N) is 2. The Morgan fingerprint density at radius 2 is 1.74 bits per heavy atom. The summed E-state index contributed by atoms with van der Waals surface area (Å²) in [5.74, 6) is 0.286. The first-order valence-electron chi connectivity index (χ1n) is 6.11. The molecule has 0 saturated carbocycles. The number of hydrogen-bond donors (Lipinski definition) is 2. The van der Waals surface area contributed by atoms with Crippen molar-refractivity contribution in [3.8, 4) is 0 Å². The molecule has 0 amide bonds. The van der Waals surface area contributed by atoms with Crippen molar-refractivity contribution < 1.29 is 13.2 Å². The molecule has 0 aliphatic rings. The molecule has 0 fully saturated rings. The van der Waals surface area contributed by atoms with Crippen LogP contribution in [0.25, 0.3) is 0 Å². The largest absolute Gasteiger partial charge is 0.419 e. The third-order valence-corrected chi connectivity index (χ3v) is 3.06. The minimum absolute atomic E-state index is 0.0234. The molecule has 3 N–H and O–H groups in total. The highest BCUT2D eigenvalue weighted by Gasteiger charge is 2.31. The van der Waals surface area contributed by atoms with Crippen LogP contribution in [0.5, 0.6) is 0 Å². The average Bonchev–Trinajstić information content (AvgIpc) is 2.36. The summed E-state index contributed by atoms with van der Waals surface area (Å²) in [7, 11) is 0. The van der Waals surface area contributed by atoms with Gasteiger partial charge in [-0.05, 0) is 13.8 Å². The highest BCUT2D eigenvalue weighted by molar-refractivity contribution is 5.11. The zero-order valence-corrected chi connectivity index (χ0v) is 11.2. The van der Waals surface area contributed by atoms with E-state index in [1.54, 1.807) is 0 Å². The van der Waals surface area contributed by atoms with Crippen molar-refractivity contribution in [3.63, 3.8) is 0 Å². The zero-order chi connectivity index (χ0) is 14.6. The standard InChI is InChI=1S/C12H19F3N4/c1-7(4-16)19-9(3)8(2)11-17-5-10(6-18-11)12(13,14)15/h5-9,19H,4,16H2,1-3H3/t7-,8?,9-/m1/s1. The Morgan fingerprint density at radius 1 is 1.21 bits per heavy atom. The summed E-state index contributed by atoms with van der Waals surface area (Å²) in [5, 5.41) is 3.25. The predicted molar refractivity (Wildman–Crippen MR) is 66.6 cm³/mol. The van der Waals surface area contributed by atoms with Gasteiger partial charge in [-0.3, -0.25) is 0 Å². The first-order chi connectivity index (χ1) is 8.75. The molecule has 4 nitrogen and oxygen atoms in total. The van der Waals surface area contributed by atoms with E-state index in [4.69, 9.17) is 5.73 Å². The fourth-order valence-electron chi connectivity index (χ4n) is 1.60. The van der Waals surface area contributed by atoms with Gasteiger partial charge in [0.2, 0.25) is 0 Å². The van der Waals surface area contributed by atoms with Gasteiger partial charge in [0.05, 0.1) is 5.56 Å². The summed E-state index contributed by atoms with van der Waals surface area (Å²) in [4.78, 5) is 7.59. The topological polar surface area (TPSA) is 63.8 Å².